The standard InChI is InChI=1S/C25H30N4O5S/c1-6-25(3,4)19-9-13-22(14-10-19)35(31,32)28(5)15-21-16-29(24(30)33-21)20-11-7-18(8-12-20)23-26-17(2)34-27-23/h7-14,21H,6,15-16H2,1-5H3. The SMILES string of the molecule is CCC(C)(C)c1ccc(S(=O)(=O)N(C)CC2CN(c3ccc(-c4noc(C)n4)cc3)C(=O)O2)cc1. The second-order valence-electron chi connectivity index (χ2n) is 9.35. The molecule has 1 amide bonds. The number of carbonyl (C=O) groups excluding carboxylic acids is 1. The molecular formula is C25H30N4O5S. The van der Waals surface area contributed by atoms with Gasteiger partial charge in [0.2, 0.25) is 21.7 Å². The highest BCUT2D eigenvalue weighted by molar-refractivity contribution is 7.89. The lowest BCUT2D eigenvalue weighted by atomic mass is 9.82. The molecule has 0 N–H and O–H groups in total. The first-order valence-electron chi connectivity index (χ1n) is 11.5. The van der Waals surface area contributed by atoms with Crippen molar-refractivity contribution in [2.45, 2.75) is 50.5 Å². The number of benzene rings is 2. The van der Waals surface area contributed by atoms with Gasteiger partial charge >= 0.3 is 6.09 Å². The number of hydrogen-bond acceptors (Lipinski definition) is 7. The van der Waals surface area contributed by atoms with Crippen LogP contribution in [0, 0.1) is 6.92 Å². The first-order valence-corrected chi connectivity index (χ1v) is 12.9. The van der Waals surface area contributed by atoms with Crippen LogP contribution in [0.25, 0.3) is 11.4 Å². The number of hydrogen-bond donors (Lipinski definition) is 0. The molecule has 2 heterocycles. The van der Waals surface area contributed by atoms with E-state index in [4.69, 9.17) is 9.26 Å². The van der Waals surface area contributed by atoms with Gasteiger partial charge in [0.15, 0.2) is 0 Å². The Morgan fingerprint density at radius 1 is 1.11 bits per heavy atom. The molecule has 1 aromatic heterocycles. The predicted molar refractivity (Wildman–Crippen MR) is 132 cm³/mol. The number of sulfonamides is 1. The predicted octanol–water partition coefficient (Wildman–Crippen LogP) is 4.38. The third-order valence-electron chi connectivity index (χ3n) is 6.53. The van der Waals surface area contributed by atoms with Crippen LogP contribution in [-0.4, -0.2) is 55.2 Å². The minimum Gasteiger partial charge on any atom is -0.443 e. The normalized spacial score (nSPS) is 16.7. The largest absolute Gasteiger partial charge is 0.443 e. The number of nitrogens with zero attached hydrogens (tertiary/aromatic N) is 4. The van der Waals surface area contributed by atoms with Crippen LogP contribution in [-0.2, 0) is 20.2 Å². The molecule has 0 saturated carbocycles. The van der Waals surface area contributed by atoms with Crippen molar-refractivity contribution in [1.29, 1.82) is 0 Å². The number of rotatable bonds is 8. The highest BCUT2D eigenvalue weighted by Crippen LogP contribution is 2.29. The Balaban J connectivity index is 1.42. The van der Waals surface area contributed by atoms with Crippen LogP contribution in [0.5, 0.6) is 0 Å². The van der Waals surface area contributed by atoms with Gasteiger partial charge in [-0.3, -0.25) is 4.90 Å². The van der Waals surface area contributed by atoms with Crippen molar-refractivity contribution in [2.24, 2.45) is 0 Å². The van der Waals surface area contributed by atoms with E-state index in [1.54, 1.807) is 43.3 Å². The summed E-state index contributed by atoms with van der Waals surface area (Å²) < 4.78 is 37.9. The highest BCUT2D eigenvalue weighted by Gasteiger charge is 2.35. The monoisotopic (exact) mass is 498 g/mol. The number of cyclic esters (lactones) is 1. The summed E-state index contributed by atoms with van der Waals surface area (Å²) >= 11 is 0. The lowest BCUT2D eigenvalue weighted by molar-refractivity contribution is 0.131. The van der Waals surface area contributed by atoms with E-state index in [1.165, 1.54) is 16.3 Å². The van der Waals surface area contributed by atoms with E-state index in [1.807, 2.05) is 12.1 Å². The molecule has 2 aromatic carbocycles. The van der Waals surface area contributed by atoms with Crippen molar-refractivity contribution in [3.8, 4) is 11.4 Å². The van der Waals surface area contributed by atoms with E-state index in [2.05, 4.69) is 30.9 Å². The maximum atomic E-state index is 13.1. The molecule has 35 heavy (non-hydrogen) atoms. The van der Waals surface area contributed by atoms with Gasteiger partial charge in [-0.1, -0.05) is 38.1 Å². The van der Waals surface area contributed by atoms with Crippen molar-refractivity contribution in [3.63, 3.8) is 0 Å². The van der Waals surface area contributed by atoms with Gasteiger partial charge in [0.1, 0.15) is 6.10 Å². The summed E-state index contributed by atoms with van der Waals surface area (Å²) in [6.45, 7) is 8.36. The van der Waals surface area contributed by atoms with E-state index in [9.17, 15) is 13.2 Å². The minimum atomic E-state index is -3.73. The average Bonchev–Trinajstić information content (AvgIpc) is 3.44. The molecule has 1 saturated heterocycles. The second-order valence-corrected chi connectivity index (χ2v) is 11.4. The molecule has 10 heteroatoms. The minimum absolute atomic E-state index is 0.0294. The summed E-state index contributed by atoms with van der Waals surface area (Å²) in [5.41, 5.74) is 2.45. The van der Waals surface area contributed by atoms with E-state index in [-0.39, 0.29) is 23.4 Å². The van der Waals surface area contributed by atoms with Crippen LogP contribution in [0.3, 0.4) is 0 Å². The molecule has 0 spiro atoms. The number of aryl methyl sites for hydroxylation is 1. The van der Waals surface area contributed by atoms with Gasteiger partial charge in [0, 0.05) is 25.2 Å². The molecule has 1 fully saturated rings. The highest BCUT2D eigenvalue weighted by atomic mass is 32.2. The zero-order valence-corrected chi connectivity index (χ0v) is 21.4. The number of anilines is 1. The summed E-state index contributed by atoms with van der Waals surface area (Å²) in [6.07, 6.45) is -0.169. The zero-order chi connectivity index (χ0) is 25.4. The zero-order valence-electron chi connectivity index (χ0n) is 20.6. The fraction of sp³-hybridized carbons (Fsp3) is 0.400. The first kappa shape index (κ1) is 24.9. The second kappa shape index (κ2) is 9.43. The molecule has 1 aliphatic rings. The summed E-state index contributed by atoms with van der Waals surface area (Å²) in [5.74, 6) is 0.934. The van der Waals surface area contributed by atoms with Gasteiger partial charge in [-0.25, -0.2) is 13.2 Å². The summed E-state index contributed by atoms with van der Waals surface area (Å²) in [5, 5.41) is 3.89. The Labute approximate surface area is 205 Å². The quantitative estimate of drug-likeness (QED) is 0.454. The topological polar surface area (TPSA) is 106 Å². The first-order chi connectivity index (χ1) is 16.5. The van der Waals surface area contributed by atoms with E-state index in [0.29, 0.717) is 17.4 Å². The fourth-order valence-electron chi connectivity index (χ4n) is 3.88. The number of carbonyl (C=O) groups is 1. The molecule has 186 valence electrons. The van der Waals surface area contributed by atoms with E-state index < -0.39 is 22.2 Å². The lowest BCUT2D eigenvalue weighted by Crippen LogP contribution is -2.36. The molecule has 3 aromatic rings. The third kappa shape index (κ3) is 5.08. The Morgan fingerprint density at radius 2 is 1.77 bits per heavy atom. The fourth-order valence-corrected chi connectivity index (χ4v) is 5.08. The Bertz CT molecular complexity index is 1300. The van der Waals surface area contributed by atoms with Crippen molar-refractivity contribution < 1.29 is 22.5 Å². The number of ether oxygens (including phenoxy) is 1. The van der Waals surface area contributed by atoms with Crippen molar-refractivity contribution in [3.05, 3.63) is 60.0 Å². The van der Waals surface area contributed by atoms with Gasteiger partial charge in [0.05, 0.1) is 18.0 Å². The Kier molecular flexibility index (Phi) is 6.70. The van der Waals surface area contributed by atoms with Crippen LogP contribution < -0.4 is 4.90 Å². The van der Waals surface area contributed by atoms with Crippen LogP contribution in [0.2, 0.25) is 0 Å². The van der Waals surface area contributed by atoms with E-state index >= 15 is 0 Å². The molecule has 1 atom stereocenters. The Hall–Kier alpha value is -3.24. The molecular weight excluding hydrogens is 468 g/mol. The van der Waals surface area contributed by atoms with Crippen LogP contribution >= 0.6 is 0 Å². The average molecular weight is 499 g/mol. The number of aromatic nitrogens is 2. The smallest absolute Gasteiger partial charge is 0.414 e. The van der Waals surface area contributed by atoms with Gasteiger partial charge in [0.25, 0.3) is 0 Å². The van der Waals surface area contributed by atoms with E-state index in [0.717, 1.165) is 17.5 Å². The molecule has 1 unspecified atom stereocenters. The molecule has 9 nitrogen and oxygen atoms in total. The van der Waals surface area contributed by atoms with Crippen molar-refractivity contribution >= 4 is 21.8 Å². The maximum Gasteiger partial charge on any atom is 0.414 e. The summed E-state index contributed by atoms with van der Waals surface area (Å²) in [6, 6.07) is 14.1. The van der Waals surface area contributed by atoms with Crippen molar-refractivity contribution in [1.82, 2.24) is 14.4 Å². The molecule has 4 rings (SSSR count). The lowest BCUT2D eigenvalue weighted by Gasteiger charge is -2.24. The van der Waals surface area contributed by atoms with Crippen LogP contribution in [0.15, 0.2) is 57.9 Å². The number of likely N-dealkylation sites (N-methyl/N-ethyl adjacent to an activating group) is 1. The van der Waals surface area contributed by atoms with Crippen LogP contribution in [0.1, 0.15) is 38.6 Å². The summed E-state index contributed by atoms with van der Waals surface area (Å²) in [4.78, 5) is 18.4. The van der Waals surface area contributed by atoms with Crippen molar-refractivity contribution in [2.75, 3.05) is 25.0 Å². The molecule has 0 radical (unpaired) electrons. The van der Waals surface area contributed by atoms with Gasteiger partial charge in [-0.05, 0) is 53.8 Å². The summed E-state index contributed by atoms with van der Waals surface area (Å²) in [7, 11) is -2.23. The third-order valence-corrected chi connectivity index (χ3v) is 8.37. The molecule has 0 bridgehead atoms. The number of amides is 1. The molecule has 0 aliphatic carbocycles. The molecule has 1 aliphatic heterocycles. The Morgan fingerprint density at radius 3 is 2.34 bits per heavy atom. The maximum absolute atomic E-state index is 13.1. The van der Waals surface area contributed by atoms with Gasteiger partial charge < -0.3 is 9.26 Å². The van der Waals surface area contributed by atoms with Crippen LogP contribution in [0.4, 0.5) is 10.5 Å². The van der Waals surface area contributed by atoms with Gasteiger partial charge in [-0.15, -0.1) is 0 Å². The van der Waals surface area contributed by atoms with Gasteiger partial charge in [-0.2, -0.15) is 9.29 Å².